The molecule has 0 saturated heterocycles. The summed E-state index contributed by atoms with van der Waals surface area (Å²) in [6.45, 7) is 0.0295. The first-order chi connectivity index (χ1) is 14.4. The fourth-order valence-electron chi connectivity index (χ4n) is 3.42. The molecule has 0 bridgehead atoms. The number of methoxy groups -OCH3 is 1. The van der Waals surface area contributed by atoms with Crippen LogP contribution in [-0.2, 0) is 16.1 Å². The molecule has 1 amide bonds. The number of carbonyl (C=O) groups is 1. The van der Waals surface area contributed by atoms with Gasteiger partial charge in [0.05, 0.1) is 11.4 Å². The lowest BCUT2D eigenvalue weighted by atomic mass is 9.92. The van der Waals surface area contributed by atoms with Crippen molar-refractivity contribution in [2.45, 2.75) is 18.9 Å². The van der Waals surface area contributed by atoms with Crippen LogP contribution < -0.4 is 26.2 Å². The van der Waals surface area contributed by atoms with E-state index in [9.17, 15) is 19.5 Å². The Morgan fingerprint density at radius 3 is 2.67 bits per heavy atom. The van der Waals surface area contributed by atoms with Crippen molar-refractivity contribution in [3.8, 4) is 17.2 Å². The SMILES string of the molecule is COCc1cc(=O)c(O)c([C@@H](CC(N)=O)c2cc3cc4c(cc3[nH]c2=O)OCO4)o1. The molecule has 30 heavy (non-hydrogen) atoms. The first-order valence-corrected chi connectivity index (χ1v) is 8.97. The molecule has 10 heteroatoms. The van der Waals surface area contributed by atoms with Gasteiger partial charge in [-0.05, 0) is 12.1 Å². The Hall–Kier alpha value is -3.79. The predicted molar refractivity (Wildman–Crippen MR) is 104 cm³/mol. The van der Waals surface area contributed by atoms with Gasteiger partial charge in [-0.25, -0.2) is 0 Å². The van der Waals surface area contributed by atoms with Crippen LogP contribution in [0.15, 0.2) is 38.3 Å². The minimum Gasteiger partial charge on any atom is -0.502 e. The van der Waals surface area contributed by atoms with Crippen LogP contribution in [0.3, 0.4) is 0 Å². The van der Waals surface area contributed by atoms with Crippen molar-refractivity contribution in [1.82, 2.24) is 4.98 Å². The van der Waals surface area contributed by atoms with Gasteiger partial charge in [-0.15, -0.1) is 0 Å². The van der Waals surface area contributed by atoms with Crippen LogP contribution in [-0.4, -0.2) is 29.9 Å². The summed E-state index contributed by atoms with van der Waals surface area (Å²) in [5.41, 5.74) is 4.70. The third-order valence-corrected chi connectivity index (χ3v) is 4.75. The molecule has 3 heterocycles. The van der Waals surface area contributed by atoms with Gasteiger partial charge < -0.3 is 34.5 Å². The molecular formula is C20H18N2O8. The second-order valence-electron chi connectivity index (χ2n) is 6.79. The first-order valence-electron chi connectivity index (χ1n) is 8.97. The lowest BCUT2D eigenvalue weighted by Crippen LogP contribution is -2.23. The molecule has 1 atom stereocenters. The number of H-pyrrole nitrogens is 1. The molecule has 2 aromatic heterocycles. The maximum absolute atomic E-state index is 12.8. The fourth-order valence-corrected chi connectivity index (χ4v) is 3.42. The zero-order chi connectivity index (χ0) is 21.4. The van der Waals surface area contributed by atoms with Gasteiger partial charge in [-0.3, -0.25) is 14.4 Å². The number of hydrogen-bond acceptors (Lipinski definition) is 8. The summed E-state index contributed by atoms with van der Waals surface area (Å²) in [5.74, 6) is -1.65. The van der Waals surface area contributed by atoms with E-state index < -0.39 is 28.6 Å². The van der Waals surface area contributed by atoms with Gasteiger partial charge >= 0.3 is 0 Å². The number of carbonyl (C=O) groups excluding carboxylic acids is 1. The molecule has 0 aliphatic carbocycles. The minimum atomic E-state index is -1.09. The van der Waals surface area contributed by atoms with Crippen LogP contribution in [0.4, 0.5) is 0 Å². The number of aromatic nitrogens is 1. The highest BCUT2D eigenvalue weighted by atomic mass is 16.7. The van der Waals surface area contributed by atoms with Gasteiger partial charge in [0.1, 0.15) is 12.4 Å². The summed E-state index contributed by atoms with van der Waals surface area (Å²) in [4.78, 5) is 39.5. The van der Waals surface area contributed by atoms with Crippen molar-refractivity contribution in [3.05, 3.63) is 61.9 Å². The predicted octanol–water partition coefficient (Wildman–Crippen LogP) is 1.07. The Morgan fingerprint density at radius 2 is 1.97 bits per heavy atom. The van der Waals surface area contributed by atoms with E-state index >= 15 is 0 Å². The number of amides is 1. The van der Waals surface area contributed by atoms with E-state index in [1.165, 1.54) is 13.2 Å². The number of fused-ring (bicyclic) bond motifs is 2. The van der Waals surface area contributed by atoms with Gasteiger partial charge in [-0.2, -0.15) is 0 Å². The highest BCUT2D eigenvalue weighted by molar-refractivity contribution is 5.84. The van der Waals surface area contributed by atoms with Gasteiger partial charge in [0.2, 0.25) is 23.9 Å². The van der Waals surface area contributed by atoms with Crippen LogP contribution in [0.5, 0.6) is 17.2 Å². The van der Waals surface area contributed by atoms with Gasteiger partial charge in [0, 0.05) is 36.6 Å². The molecule has 1 aromatic carbocycles. The van der Waals surface area contributed by atoms with E-state index in [2.05, 4.69) is 4.98 Å². The monoisotopic (exact) mass is 414 g/mol. The lowest BCUT2D eigenvalue weighted by Gasteiger charge is -2.17. The van der Waals surface area contributed by atoms with E-state index in [1.807, 2.05) is 0 Å². The normalized spacial score (nSPS) is 13.5. The molecule has 3 aromatic rings. The average Bonchev–Trinajstić information content (AvgIpc) is 3.14. The molecule has 10 nitrogen and oxygen atoms in total. The van der Waals surface area contributed by atoms with Crippen LogP contribution in [0.2, 0.25) is 0 Å². The molecule has 1 aliphatic rings. The summed E-state index contributed by atoms with van der Waals surface area (Å²) < 4.78 is 21.2. The van der Waals surface area contributed by atoms with Crippen molar-refractivity contribution in [1.29, 1.82) is 0 Å². The zero-order valence-corrected chi connectivity index (χ0v) is 15.9. The van der Waals surface area contributed by atoms with E-state index in [1.54, 1.807) is 12.1 Å². The number of benzene rings is 1. The summed E-state index contributed by atoms with van der Waals surface area (Å²) in [7, 11) is 1.41. The van der Waals surface area contributed by atoms with Gasteiger partial charge in [-0.1, -0.05) is 0 Å². The van der Waals surface area contributed by atoms with Crippen molar-refractivity contribution in [2.75, 3.05) is 13.9 Å². The van der Waals surface area contributed by atoms with E-state index in [-0.39, 0.29) is 36.9 Å². The smallest absolute Gasteiger partial charge is 0.252 e. The Labute approximate surface area is 168 Å². The first kappa shape index (κ1) is 19.5. The molecule has 1 aliphatic heterocycles. The van der Waals surface area contributed by atoms with Gasteiger partial charge in [0.25, 0.3) is 5.56 Å². The van der Waals surface area contributed by atoms with Crippen LogP contribution >= 0.6 is 0 Å². The van der Waals surface area contributed by atoms with Crippen molar-refractivity contribution >= 4 is 16.8 Å². The molecule has 4 rings (SSSR count). The second-order valence-corrected chi connectivity index (χ2v) is 6.79. The maximum atomic E-state index is 12.8. The Kier molecular flexibility index (Phi) is 4.92. The Morgan fingerprint density at radius 1 is 1.23 bits per heavy atom. The number of hydrogen-bond donors (Lipinski definition) is 3. The van der Waals surface area contributed by atoms with Crippen LogP contribution in [0.25, 0.3) is 10.9 Å². The fraction of sp³-hybridized carbons (Fsp3) is 0.250. The number of nitrogens with one attached hydrogen (secondary N) is 1. The zero-order valence-electron chi connectivity index (χ0n) is 15.9. The topological polar surface area (TPSA) is 154 Å². The molecule has 0 radical (unpaired) electrons. The summed E-state index contributed by atoms with van der Waals surface area (Å²) in [6.07, 6.45) is -0.369. The van der Waals surface area contributed by atoms with Crippen molar-refractivity contribution in [2.24, 2.45) is 5.73 Å². The summed E-state index contributed by atoms with van der Waals surface area (Å²) in [5, 5.41) is 10.9. The second kappa shape index (κ2) is 7.56. The van der Waals surface area contributed by atoms with E-state index in [4.69, 9.17) is 24.4 Å². The molecule has 0 spiro atoms. The van der Waals surface area contributed by atoms with E-state index in [0.29, 0.717) is 22.4 Å². The van der Waals surface area contributed by atoms with E-state index in [0.717, 1.165) is 6.07 Å². The Balaban J connectivity index is 1.91. The molecular weight excluding hydrogens is 396 g/mol. The Bertz CT molecular complexity index is 1260. The minimum absolute atomic E-state index is 0.0383. The molecule has 156 valence electrons. The molecule has 0 unspecified atom stereocenters. The summed E-state index contributed by atoms with van der Waals surface area (Å²) >= 11 is 0. The standard InChI is InChI=1S/C20H18N2O8/c1-27-7-10-4-14(23)18(25)19(30-10)11(5-17(21)24)12-2-9-3-15-16(29-8-28-15)6-13(9)22-20(12)26/h2-4,6,11,25H,5,7-8H2,1H3,(H2,21,24)(H,22,26)/t11-/m0/s1. The van der Waals surface area contributed by atoms with Crippen molar-refractivity contribution < 1.29 is 28.5 Å². The van der Waals surface area contributed by atoms with Crippen LogP contribution in [0.1, 0.15) is 29.4 Å². The quantitative estimate of drug-likeness (QED) is 0.541. The molecule has 4 N–H and O–H groups in total. The summed E-state index contributed by atoms with van der Waals surface area (Å²) in [6, 6.07) is 5.92. The number of ether oxygens (including phenoxy) is 3. The van der Waals surface area contributed by atoms with Crippen LogP contribution in [0, 0.1) is 0 Å². The highest BCUT2D eigenvalue weighted by Crippen LogP contribution is 2.37. The number of aromatic hydroxyl groups is 1. The third kappa shape index (κ3) is 3.48. The number of rotatable bonds is 6. The molecule has 0 saturated carbocycles. The highest BCUT2D eigenvalue weighted by Gasteiger charge is 2.28. The lowest BCUT2D eigenvalue weighted by molar-refractivity contribution is -0.118. The van der Waals surface area contributed by atoms with Gasteiger partial charge in [0.15, 0.2) is 17.3 Å². The largest absolute Gasteiger partial charge is 0.502 e. The molecule has 0 fully saturated rings. The van der Waals surface area contributed by atoms with Crippen molar-refractivity contribution in [3.63, 3.8) is 0 Å². The number of pyridine rings is 1. The third-order valence-electron chi connectivity index (χ3n) is 4.75. The number of aromatic amines is 1. The average molecular weight is 414 g/mol. The number of primary amides is 1. The maximum Gasteiger partial charge on any atom is 0.252 e. The number of nitrogens with two attached hydrogens (primary N) is 1.